The van der Waals surface area contributed by atoms with Crippen LogP contribution in [0, 0.1) is 23.0 Å². The number of nitro groups is 1. The van der Waals surface area contributed by atoms with E-state index in [1.54, 1.807) is 13.0 Å². The molecule has 1 N–H and O–H groups in total. The molecule has 1 aromatic heterocycles. The number of carbonyl (C=O) groups excluding carboxylic acids is 2. The van der Waals surface area contributed by atoms with Gasteiger partial charge in [-0.25, -0.2) is 0 Å². The lowest BCUT2D eigenvalue weighted by molar-refractivity contribution is -0.384. The fourth-order valence-corrected chi connectivity index (χ4v) is 2.77. The first-order chi connectivity index (χ1) is 12.4. The van der Waals surface area contributed by atoms with Crippen LogP contribution < -0.4 is 15.0 Å². The molecule has 2 amide bonds. The molecule has 2 heterocycles. The summed E-state index contributed by atoms with van der Waals surface area (Å²) in [5.74, 6) is -0.171. The van der Waals surface area contributed by atoms with Gasteiger partial charge in [-0.1, -0.05) is 5.16 Å². The van der Waals surface area contributed by atoms with Crippen LogP contribution in [0.2, 0.25) is 0 Å². The summed E-state index contributed by atoms with van der Waals surface area (Å²) in [5.41, 5.74) is 0.239. The van der Waals surface area contributed by atoms with Gasteiger partial charge in [0.25, 0.3) is 5.69 Å². The molecule has 1 saturated heterocycles. The number of ether oxygens (including phenoxy) is 1. The van der Waals surface area contributed by atoms with Crippen molar-refractivity contribution in [3.05, 3.63) is 40.1 Å². The van der Waals surface area contributed by atoms with E-state index in [9.17, 15) is 19.7 Å². The van der Waals surface area contributed by atoms with Crippen molar-refractivity contribution in [3.8, 4) is 5.75 Å². The third-order valence-electron chi connectivity index (χ3n) is 4.04. The van der Waals surface area contributed by atoms with E-state index in [4.69, 9.17) is 9.26 Å². The Morgan fingerprint density at radius 1 is 1.46 bits per heavy atom. The molecule has 0 aliphatic carbocycles. The molecule has 0 unspecified atom stereocenters. The number of amides is 2. The Kier molecular flexibility index (Phi) is 4.57. The van der Waals surface area contributed by atoms with E-state index in [0.717, 1.165) is 0 Å². The summed E-state index contributed by atoms with van der Waals surface area (Å²) < 4.78 is 10.1. The van der Waals surface area contributed by atoms with Gasteiger partial charge in [0, 0.05) is 25.1 Å². The number of rotatable bonds is 5. The number of methoxy groups -OCH3 is 1. The summed E-state index contributed by atoms with van der Waals surface area (Å²) >= 11 is 0. The smallest absolute Gasteiger partial charge is 0.273 e. The average molecular weight is 360 g/mol. The van der Waals surface area contributed by atoms with Crippen molar-refractivity contribution in [2.45, 2.75) is 13.3 Å². The van der Waals surface area contributed by atoms with Crippen molar-refractivity contribution in [1.29, 1.82) is 0 Å². The van der Waals surface area contributed by atoms with E-state index in [2.05, 4.69) is 10.5 Å². The molecule has 2 aromatic rings. The molecule has 10 heteroatoms. The van der Waals surface area contributed by atoms with E-state index in [-0.39, 0.29) is 42.0 Å². The molecule has 26 heavy (non-hydrogen) atoms. The number of carbonyl (C=O) groups is 2. The maximum Gasteiger partial charge on any atom is 0.273 e. The molecule has 136 valence electrons. The number of aromatic nitrogens is 1. The van der Waals surface area contributed by atoms with Gasteiger partial charge in [0.2, 0.25) is 11.8 Å². The minimum Gasteiger partial charge on any atom is -0.494 e. The predicted octanol–water partition coefficient (Wildman–Crippen LogP) is 1.89. The Bertz CT molecular complexity index is 877. The molecule has 0 spiro atoms. The van der Waals surface area contributed by atoms with Gasteiger partial charge in [-0.3, -0.25) is 19.7 Å². The van der Waals surface area contributed by atoms with E-state index in [1.165, 1.54) is 30.2 Å². The van der Waals surface area contributed by atoms with Crippen LogP contribution >= 0.6 is 0 Å². The monoisotopic (exact) mass is 360 g/mol. The lowest BCUT2D eigenvalue weighted by Gasteiger charge is -2.19. The number of non-ortho nitro benzene ring substituents is 1. The largest absolute Gasteiger partial charge is 0.494 e. The number of nitrogens with one attached hydrogen (secondary N) is 1. The van der Waals surface area contributed by atoms with Crippen LogP contribution in [0.15, 0.2) is 28.8 Å². The molecule has 1 atom stereocenters. The first-order valence-electron chi connectivity index (χ1n) is 7.76. The van der Waals surface area contributed by atoms with Crippen molar-refractivity contribution < 1.29 is 23.8 Å². The maximum atomic E-state index is 12.4. The highest BCUT2D eigenvalue weighted by Gasteiger charge is 2.37. The molecule has 1 aliphatic heterocycles. The zero-order valence-electron chi connectivity index (χ0n) is 14.1. The fourth-order valence-electron chi connectivity index (χ4n) is 2.77. The fraction of sp³-hybridized carbons (Fsp3) is 0.312. The summed E-state index contributed by atoms with van der Waals surface area (Å²) in [6.45, 7) is 1.83. The number of nitrogens with zero attached hydrogens (tertiary/aromatic N) is 3. The zero-order valence-corrected chi connectivity index (χ0v) is 14.1. The van der Waals surface area contributed by atoms with E-state index in [0.29, 0.717) is 11.4 Å². The summed E-state index contributed by atoms with van der Waals surface area (Å²) in [4.78, 5) is 36.4. The van der Waals surface area contributed by atoms with Gasteiger partial charge in [0.1, 0.15) is 11.5 Å². The minimum absolute atomic E-state index is 0.0167. The Morgan fingerprint density at radius 3 is 2.85 bits per heavy atom. The second kappa shape index (κ2) is 6.82. The van der Waals surface area contributed by atoms with Crippen LogP contribution in [0.1, 0.15) is 12.2 Å². The quantitative estimate of drug-likeness (QED) is 0.637. The predicted molar refractivity (Wildman–Crippen MR) is 90.0 cm³/mol. The standard InChI is InChI=1S/C16H16N4O6/c1-9-5-14(18-26-9)17-16(22)10-6-15(21)19(8-10)12-4-3-11(20(23)24)7-13(12)25-2/h3-5,7,10H,6,8H2,1-2H3,(H,17,18,22)/t10-/m1/s1. The first kappa shape index (κ1) is 17.4. The number of hydrogen-bond donors (Lipinski definition) is 1. The van der Waals surface area contributed by atoms with Crippen LogP contribution in [0.3, 0.4) is 0 Å². The topological polar surface area (TPSA) is 128 Å². The van der Waals surface area contributed by atoms with Gasteiger partial charge in [-0.2, -0.15) is 0 Å². The summed E-state index contributed by atoms with van der Waals surface area (Å²) in [5, 5.41) is 17.2. The highest BCUT2D eigenvalue weighted by Crippen LogP contribution is 2.35. The average Bonchev–Trinajstić information content (AvgIpc) is 3.19. The number of nitro benzene ring substituents is 1. The van der Waals surface area contributed by atoms with Gasteiger partial charge in [0.15, 0.2) is 5.82 Å². The lowest BCUT2D eigenvalue weighted by atomic mass is 10.1. The van der Waals surface area contributed by atoms with Gasteiger partial charge >= 0.3 is 0 Å². The summed E-state index contributed by atoms with van der Waals surface area (Å²) in [6, 6.07) is 5.55. The summed E-state index contributed by atoms with van der Waals surface area (Å²) in [6.07, 6.45) is 0.0167. The molecule has 3 rings (SSSR count). The normalized spacial score (nSPS) is 16.6. The van der Waals surface area contributed by atoms with Crippen LogP contribution in [-0.4, -0.2) is 35.5 Å². The number of anilines is 2. The molecule has 1 aromatic carbocycles. The van der Waals surface area contributed by atoms with Crippen LogP contribution in [0.4, 0.5) is 17.2 Å². The highest BCUT2D eigenvalue weighted by atomic mass is 16.6. The Morgan fingerprint density at radius 2 is 2.23 bits per heavy atom. The Balaban J connectivity index is 1.77. The lowest BCUT2D eigenvalue weighted by Crippen LogP contribution is -2.28. The van der Waals surface area contributed by atoms with Gasteiger partial charge in [-0.15, -0.1) is 0 Å². The number of aryl methyl sites for hydroxylation is 1. The molecule has 1 fully saturated rings. The third kappa shape index (κ3) is 3.34. The molecular weight excluding hydrogens is 344 g/mol. The maximum absolute atomic E-state index is 12.4. The summed E-state index contributed by atoms with van der Waals surface area (Å²) in [7, 11) is 1.36. The third-order valence-corrected chi connectivity index (χ3v) is 4.04. The number of benzene rings is 1. The highest BCUT2D eigenvalue weighted by molar-refractivity contribution is 6.04. The van der Waals surface area contributed by atoms with E-state index in [1.807, 2.05) is 0 Å². The Hall–Kier alpha value is -3.43. The minimum atomic E-state index is -0.584. The second-order valence-electron chi connectivity index (χ2n) is 5.83. The second-order valence-corrected chi connectivity index (χ2v) is 5.83. The van der Waals surface area contributed by atoms with Crippen LogP contribution in [0.25, 0.3) is 0 Å². The van der Waals surface area contributed by atoms with Gasteiger partial charge in [0.05, 0.1) is 29.7 Å². The Labute approximate surface area is 147 Å². The zero-order chi connectivity index (χ0) is 18.8. The van der Waals surface area contributed by atoms with E-state index < -0.39 is 10.8 Å². The van der Waals surface area contributed by atoms with Crippen molar-refractivity contribution >= 4 is 29.0 Å². The molecular formula is C16H16N4O6. The number of hydrogen-bond acceptors (Lipinski definition) is 7. The van der Waals surface area contributed by atoms with Crippen molar-refractivity contribution in [2.24, 2.45) is 5.92 Å². The van der Waals surface area contributed by atoms with Crippen molar-refractivity contribution in [2.75, 3.05) is 23.9 Å². The molecule has 0 radical (unpaired) electrons. The molecule has 0 saturated carbocycles. The molecule has 10 nitrogen and oxygen atoms in total. The van der Waals surface area contributed by atoms with E-state index >= 15 is 0 Å². The SMILES string of the molecule is COc1cc([N+](=O)[O-])ccc1N1C[C@H](C(=O)Nc2cc(C)on2)CC1=O. The molecule has 0 bridgehead atoms. The van der Waals surface area contributed by atoms with Crippen molar-refractivity contribution in [1.82, 2.24) is 5.16 Å². The van der Waals surface area contributed by atoms with Gasteiger partial charge in [-0.05, 0) is 13.0 Å². The van der Waals surface area contributed by atoms with Crippen LogP contribution in [0.5, 0.6) is 5.75 Å². The van der Waals surface area contributed by atoms with Crippen molar-refractivity contribution in [3.63, 3.8) is 0 Å². The van der Waals surface area contributed by atoms with Crippen LogP contribution in [-0.2, 0) is 9.59 Å². The molecule has 1 aliphatic rings. The van der Waals surface area contributed by atoms with Gasteiger partial charge < -0.3 is 19.5 Å². The first-order valence-corrected chi connectivity index (χ1v) is 7.76.